The van der Waals surface area contributed by atoms with Crippen molar-refractivity contribution in [3.05, 3.63) is 118 Å². The maximum atomic E-state index is 14.4. The van der Waals surface area contributed by atoms with Crippen LogP contribution >= 0.6 is 0 Å². The molecule has 12 nitrogen and oxygen atoms in total. The minimum Gasteiger partial charge on any atom is -0.426 e. The summed E-state index contributed by atoms with van der Waals surface area (Å²) in [5.74, 6) is -5.09. The van der Waals surface area contributed by atoms with Gasteiger partial charge in [0.2, 0.25) is 0 Å². The van der Waals surface area contributed by atoms with Gasteiger partial charge in [-0.25, -0.2) is 0 Å². The van der Waals surface area contributed by atoms with Gasteiger partial charge in [-0.3, -0.25) is 19.2 Å². The lowest BCUT2D eigenvalue weighted by atomic mass is 9.67. The van der Waals surface area contributed by atoms with Crippen LogP contribution in [0.5, 0.6) is 11.5 Å². The molecule has 2 N–H and O–H groups in total. The molecule has 1 aliphatic heterocycles. The van der Waals surface area contributed by atoms with Crippen LogP contribution in [0.2, 0.25) is 0 Å². The monoisotopic (exact) mass is 704 g/mol. The Kier molecular flexibility index (Phi) is 9.46. The molecule has 0 radical (unpaired) electrons. The molecule has 2 aliphatic carbocycles. The molecule has 264 valence electrons. The average molecular weight is 704 g/mol. The van der Waals surface area contributed by atoms with E-state index in [0.29, 0.717) is 10.9 Å². The maximum Gasteiger partial charge on any atom is 0.491 e. The molecule has 1 fully saturated rings. The number of ketones is 2. The first kappa shape index (κ1) is 35.5. The largest absolute Gasteiger partial charge is 0.491 e. The standard InChI is InChI=1S/C38H34B2O12/c1-22(41)49-35-28-20-38(37(3)47-18-19-48-37,52-40(46)25-14-8-5-9-15-25)21-29(51-39(45)24-12-6-4-7-13-24)30(28)36(50-23(2)42)32-31(35)33(43)26-16-10-11-17-27(26)34(32)44/h4-17,29,45-46H,18-21H2,1-3H3/t29-,38-/m1/s1. The van der Waals surface area contributed by atoms with Crippen molar-refractivity contribution in [3.8, 4) is 11.5 Å². The molecule has 2 atom stereocenters. The zero-order chi connectivity index (χ0) is 36.8. The van der Waals surface area contributed by atoms with Gasteiger partial charge in [0, 0.05) is 48.9 Å². The second-order valence-corrected chi connectivity index (χ2v) is 13.0. The molecule has 52 heavy (non-hydrogen) atoms. The van der Waals surface area contributed by atoms with Gasteiger partial charge in [0.1, 0.15) is 17.1 Å². The number of hydrogen-bond donors (Lipinski definition) is 2. The number of carbonyl (C=O) groups is 4. The van der Waals surface area contributed by atoms with Gasteiger partial charge >= 0.3 is 26.2 Å². The number of ether oxygens (including phenoxy) is 4. The first-order chi connectivity index (χ1) is 24.9. The molecule has 14 heteroatoms. The van der Waals surface area contributed by atoms with E-state index in [1.165, 1.54) is 12.1 Å². The quantitative estimate of drug-likeness (QED) is 0.131. The van der Waals surface area contributed by atoms with Gasteiger partial charge in [0.05, 0.1) is 30.4 Å². The minimum absolute atomic E-state index is 0.0571. The van der Waals surface area contributed by atoms with Gasteiger partial charge in [-0.15, -0.1) is 0 Å². The topological polar surface area (TPSA) is 164 Å². The summed E-state index contributed by atoms with van der Waals surface area (Å²) in [6, 6.07) is 23.2. The fourth-order valence-corrected chi connectivity index (χ4v) is 7.32. The fourth-order valence-electron chi connectivity index (χ4n) is 7.32. The van der Waals surface area contributed by atoms with Gasteiger partial charge in [-0.2, -0.15) is 0 Å². The van der Waals surface area contributed by atoms with E-state index in [1.807, 2.05) is 0 Å². The molecule has 1 saturated heterocycles. The summed E-state index contributed by atoms with van der Waals surface area (Å²) in [4.78, 5) is 54.4. The summed E-state index contributed by atoms with van der Waals surface area (Å²) in [6.45, 7) is 4.25. The van der Waals surface area contributed by atoms with Crippen molar-refractivity contribution in [1.29, 1.82) is 0 Å². The zero-order valence-corrected chi connectivity index (χ0v) is 28.6. The number of fused-ring (bicyclic) bond motifs is 3. The molecule has 3 aliphatic rings. The van der Waals surface area contributed by atoms with Crippen LogP contribution in [0.3, 0.4) is 0 Å². The van der Waals surface area contributed by atoms with Crippen LogP contribution < -0.4 is 20.4 Å². The van der Waals surface area contributed by atoms with Gasteiger partial charge in [0.15, 0.2) is 17.4 Å². The van der Waals surface area contributed by atoms with Crippen LogP contribution in [0.15, 0.2) is 84.9 Å². The molecule has 0 amide bonds. The summed E-state index contributed by atoms with van der Waals surface area (Å²) in [5.41, 5.74) is -1.24. The maximum absolute atomic E-state index is 14.4. The van der Waals surface area contributed by atoms with Gasteiger partial charge in [-0.05, 0) is 17.8 Å². The molecule has 4 aromatic rings. The number of hydrogen-bond acceptors (Lipinski definition) is 12. The first-order valence-electron chi connectivity index (χ1n) is 16.8. The third kappa shape index (κ3) is 6.17. The minimum atomic E-state index is -1.69. The van der Waals surface area contributed by atoms with E-state index in [9.17, 15) is 29.2 Å². The smallest absolute Gasteiger partial charge is 0.426 e. The van der Waals surface area contributed by atoms with E-state index in [4.69, 9.17) is 28.3 Å². The number of esters is 2. The van der Waals surface area contributed by atoms with Gasteiger partial charge in [-0.1, -0.05) is 84.9 Å². The Morgan fingerprint density at radius 1 is 0.731 bits per heavy atom. The van der Waals surface area contributed by atoms with E-state index in [-0.39, 0.29) is 70.9 Å². The van der Waals surface area contributed by atoms with Crippen LogP contribution in [0.25, 0.3) is 0 Å². The molecule has 1 heterocycles. The number of benzene rings is 4. The predicted octanol–water partition coefficient (Wildman–Crippen LogP) is 2.61. The SMILES string of the molecule is CC(=O)Oc1c2c(c(OC(C)=O)c3c1C(=O)c1ccccc1C3=O)[C@H](OB(O)c1ccccc1)C[C@@](OB(O)c1ccccc1)(C1(C)OCCO1)C2. The van der Waals surface area contributed by atoms with Crippen molar-refractivity contribution in [3.63, 3.8) is 0 Å². The van der Waals surface area contributed by atoms with Crippen molar-refractivity contribution in [2.24, 2.45) is 0 Å². The summed E-state index contributed by atoms with van der Waals surface area (Å²) in [6.07, 6.45) is -1.80. The first-order valence-corrected chi connectivity index (χ1v) is 16.8. The van der Waals surface area contributed by atoms with E-state index in [1.54, 1.807) is 79.7 Å². The molecule has 0 unspecified atom stereocenters. The Morgan fingerprint density at radius 2 is 1.21 bits per heavy atom. The summed E-state index contributed by atoms with van der Waals surface area (Å²) >= 11 is 0. The Balaban J connectivity index is 1.53. The molecule has 0 spiro atoms. The molecule has 4 aromatic carbocycles. The zero-order valence-electron chi connectivity index (χ0n) is 28.6. The summed E-state index contributed by atoms with van der Waals surface area (Å²) < 4.78 is 37.1. The number of carbonyl (C=O) groups excluding carboxylic acids is 4. The van der Waals surface area contributed by atoms with Crippen LogP contribution in [-0.2, 0) is 34.8 Å². The van der Waals surface area contributed by atoms with Crippen LogP contribution in [-0.4, -0.2) is 72.4 Å². The van der Waals surface area contributed by atoms with Crippen molar-refractivity contribution in [2.45, 2.75) is 51.1 Å². The lowest BCUT2D eigenvalue weighted by Gasteiger charge is -2.50. The van der Waals surface area contributed by atoms with Crippen molar-refractivity contribution >= 4 is 48.7 Å². The molecular formula is C38H34B2O12. The highest BCUT2D eigenvalue weighted by Gasteiger charge is 2.60. The van der Waals surface area contributed by atoms with E-state index in [0.717, 1.165) is 13.8 Å². The van der Waals surface area contributed by atoms with Crippen molar-refractivity contribution < 1.29 is 57.5 Å². The summed E-state index contributed by atoms with van der Waals surface area (Å²) in [5, 5.41) is 23.1. The highest BCUT2D eigenvalue weighted by atomic mass is 16.8. The third-order valence-electron chi connectivity index (χ3n) is 9.68. The molecule has 0 bridgehead atoms. The van der Waals surface area contributed by atoms with Gasteiger partial charge in [0.25, 0.3) is 0 Å². The normalized spacial score (nSPS) is 20.0. The van der Waals surface area contributed by atoms with Gasteiger partial charge < -0.3 is 38.3 Å². The Hall–Kier alpha value is -4.95. The molecule has 0 saturated carbocycles. The second-order valence-electron chi connectivity index (χ2n) is 13.0. The Labute approximate surface area is 299 Å². The highest BCUT2D eigenvalue weighted by molar-refractivity contribution is 6.60. The Bertz CT molecular complexity index is 2070. The molecular weight excluding hydrogens is 670 g/mol. The molecule has 7 rings (SSSR count). The van der Waals surface area contributed by atoms with Crippen LogP contribution in [0.4, 0.5) is 0 Å². The lowest BCUT2D eigenvalue weighted by molar-refractivity contribution is -0.261. The third-order valence-corrected chi connectivity index (χ3v) is 9.68. The van der Waals surface area contributed by atoms with Crippen molar-refractivity contribution in [1.82, 2.24) is 0 Å². The summed E-state index contributed by atoms with van der Waals surface area (Å²) in [7, 11) is -3.13. The average Bonchev–Trinajstić information content (AvgIpc) is 3.59. The van der Waals surface area contributed by atoms with E-state index >= 15 is 0 Å². The van der Waals surface area contributed by atoms with Crippen molar-refractivity contribution in [2.75, 3.05) is 13.2 Å². The predicted molar refractivity (Wildman–Crippen MR) is 187 cm³/mol. The van der Waals surface area contributed by atoms with Crippen LogP contribution in [0, 0.1) is 0 Å². The fraction of sp³-hybridized carbons (Fsp3) is 0.263. The lowest BCUT2D eigenvalue weighted by Crippen LogP contribution is -2.62. The van der Waals surface area contributed by atoms with E-state index < -0.39 is 55.2 Å². The van der Waals surface area contributed by atoms with Crippen LogP contribution in [0.1, 0.15) is 76.3 Å². The molecule has 0 aromatic heterocycles. The number of rotatable bonds is 9. The second kappa shape index (κ2) is 13.9. The highest BCUT2D eigenvalue weighted by Crippen LogP contribution is 2.56. The Morgan fingerprint density at radius 3 is 1.75 bits per heavy atom. The van der Waals surface area contributed by atoms with E-state index in [2.05, 4.69) is 0 Å².